The van der Waals surface area contributed by atoms with E-state index in [0.29, 0.717) is 5.25 Å². The monoisotopic (exact) mass is 209 g/mol. The van der Waals surface area contributed by atoms with Crippen molar-refractivity contribution in [1.82, 2.24) is 0 Å². The zero-order valence-electron chi connectivity index (χ0n) is 8.54. The summed E-state index contributed by atoms with van der Waals surface area (Å²) in [7, 11) is 1.70. The number of rotatable bonds is 2. The van der Waals surface area contributed by atoms with Crippen LogP contribution < -0.4 is 10.1 Å². The van der Waals surface area contributed by atoms with Crippen LogP contribution in [0.4, 0.5) is 5.69 Å². The van der Waals surface area contributed by atoms with Crippen molar-refractivity contribution in [2.45, 2.75) is 23.5 Å². The van der Waals surface area contributed by atoms with Crippen LogP contribution in [0.2, 0.25) is 0 Å². The Kier molecular flexibility index (Phi) is 2.87. The van der Waals surface area contributed by atoms with Gasteiger partial charge in [0.15, 0.2) is 0 Å². The predicted molar refractivity (Wildman–Crippen MR) is 61.4 cm³/mol. The number of methoxy groups -OCH3 is 1. The summed E-state index contributed by atoms with van der Waals surface area (Å²) in [6.45, 7) is 3.29. The fraction of sp³-hybridized carbons (Fsp3) is 0.455. The maximum absolute atomic E-state index is 5.18. The van der Waals surface area contributed by atoms with Crippen molar-refractivity contribution >= 4 is 17.4 Å². The highest BCUT2D eigenvalue weighted by molar-refractivity contribution is 8.00. The summed E-state index contributed by atoms with van der Waals surface area (Å²) >= 11 is 1.96. The summed E-state index contributed by atoms with van der Waals surface area (Å²) in [5.74, 6) is 0.923. The standard InChI is InChI=1S/C11H15NOS/c1-3-9-7-12-10-6-8(13-2)4-5-11(10)14-9/h4-6,9,12H,3,7H2,1-2H3. The molecule has 1 N–H and O–H groups in total. The van der Waals surface area contributed by atoms with Crippen LogP contribution >= 0.6 is 11.8 Å². The third kappa shape index (κ3) is 1.82. The Morgan fingerprint density at radius 3 is 3.14 bits per heavy atom. The molecule has 0 spiro atoms. The fourth-order valence-corrected chi connectivity index (χ4v) is 2.65. The highest BCUT2D eigenvalue weighted by atomic mass is 32.2. The zero-order chi connectivity index (χ0) is 9.97. The molecule has 0 radical (unpaired) electrons. The van der Waals surface area contributed by atoms with Gasteiger partial charge in [0.05, 0.1) is 12.8 Å². The maximum Gasteiger partial charge on any atom is 0.121 e. The van der Waals surface area contributed by atoms with Gasteiger partial charge >= 0.3 is 0 Å². The molecule has 3 heteroatoms. The van der Waals surface area contributed by atoms with Crippen LogP contribution in [0, 0.1) is 0 Å². The SMILES string of the molecule is CCC1CNc2cc(OC)ccc2S1. The lowest BCUT2D eigenvalue weighted by Gasteiger charge is -2.24. The average Bonchev–Trinajstić information content (AvgIpc) is 2.27. The van der Waals surface area contributed by atoms with Crippen molar-refractivity contribution in [3.63, 3.8) is 0 Å². The van der Waals surface area contributed by atoms with Crippen LogP contribution in [0.5, 0.6) is 5.75 Å². The molecule has 0 saturated heterocycles. The third-order valence-electron chi connectivity index (χ3n) is 2.46. The summed E-state index contributed by atoms with van der Waals surface area (Å²) in [5.41, 5.74) is 1.21. The van der Waals surface area contributed by atoms with Crippen LogP contribution in [0.25, 0.3) is 0 Å². The second-order valence-electron chi connectivity index (χ2n) is 3.39. The fourth-order valence-electron chi connectivity index (χ4n) is 1.55. The number of benzene rings is 1. The zero-order valence-corrected chi connectivity index (χ0v) is 9.36. The molecule has 2 rings (SSSR count). The lowest BCUT2D eigenvalue weighted by atomic mass is 10.2. The van der Waals surface area contributed by atoms with Crippen LogP contribution in [0.3, 0.4) is 0 Å². The molecular weight excluding hydrogens is 194 g/mol. The predicted octanol–water partition coefficient (Wildman–Crippen LogP) is 2.99. The molecule has 0 saturated carbocycles. The van der Waals surface area contributed by atoms with Gasteiger partial charge in [0.2, 0.25) is 0 Å². The van der Waals surface area contributed by atoms with Crippen molar-refractivity contribution in [3.05, 3.63) is 18.2 Å². The molecule has 0 fully saturated rings. The molecule has 14 heavy (non-hydrogen) atoms. The molecule has 2 nitrogen and oxygen atoms in total. The van der Waals surface area contributed by atoms with E-state index in [1.807, 2.05) is 17.8 Å². The largest absolute Gasteiger partial charge is 0.497 e. The highest BCUT2D eigenvalue weighted by Crippen LogP contribution is 2.37. The topological polar surface area (TPSA) is 21.3 Å². The van der Waals surface area contributed by atoms with E-state index < -0.39 is 0 Å². The van der Waals surface area contributed by atoms with Gasteiger partial charge in [-0.25, -0.2) is 0 Å². The number of thioether (sulfide) groups is 1. The molecular formula is C11H15NOS. The van der Waals surface area contributed by atoms with Crippen molar-refractivity contribution in [3.8, 4) is 5.75 Å². The molecule has 1 aromatic carbocycles. The Morgan fingerprint density at radius 1 is 1.57 bits per heavy atom. The minimum absolute atomic E-state index is 0.705. The second-order valence-corrected chi connectivity index (χ2v) is 4.73. The van der Waals surface area contributed by atoms with E-state index in [9.17, 15) is 0 Å². The van der Waals surface area contributed by atoms with Crippen LogP contribution in [-0.2, 0) is 0 Å². The Labute approximate surface area is 89.0 Å². The van der Waals surface area contributed by atoms with E-state index in [-0.39, 0.29) is 0 Å². The Bertz CT molecular complexity index is 327. The molecule has 0 bridgehead atoms. The van der Waals surface area contributed by atoms with E-state index >= 15 is 0 Å². The van der Waals surface area contributed by atoms with Gasteiger partial charge in [0, 0.05) is 22.8 Å². The molecule has 1 aliphatic heterocycles. The van der Waals surface area contributed by atoms with Crippen molar-refractivity contribution in [2.75, 3.05) is 19.0 Å². The number of hydrogen-bond acceptors (Lipinski definition) is 3. The molecule has 1 heterocycles. The van der Waals surface area contributed by atoms with Gasteiger partial charge in [0.25, 0.3) is 0 Å². The second kappa shape index (κ2) is 4.13. The molecule has 0 aliphatic carbocycles. The van der Waals surface area contributed by atoms with Gasteiger partial charge in [-0.05, 0) is 18.6 Å². The quantitative estimate of drug-likeness (QED) is 0.809. The summed E-state index contributed by atoms with van der Waals surface area (Å²) < 4.78 is 5.18. The van der Waals surface area contributed by atoms with Gasteiger partial charge in [-0.15, -0.1) is 11.8 Å². The van der Waals surface area contributed by atoms with E-state index in [4.69, 9.17) is 4.74 Å². The Morgan fingerprint density at radius 2 is 2.43 bits per heavy atom. The smallest absolute Gasteiger partial charge is 0.121 e. The molecule has 1 aliphatic rings. The first kappa shape index (κ1) is 9.71. The van der Waals surface area contributed by atoms with Gasteiger partial charge in [-0.3, -0.25) is 0 Å². The molecule has 1 aromatic rings. The van der Waals surface area contributed by atoms with Gasteiger partial charge in [-0.2, -0.15) is 0 Å². The van der Waals surface area contributed by atoms with Crippen molar-refractivity contribution in [1.29, 1.82) is 0 Å². The number of ether oxygens (including phenoxy) is 1. The summed E-state index contributed by atoms with van der Waals surface area (Å²) in [5, 5.41) is 4.14. The minimum Gasteiger partial charge on any atom is -0.497 e. The van der Waals surface area contributed by atoms with Crippen LogP contribution in [-0.4, -0.2) is 18.9 Å². The molecule has 1 atom stereocenters. The Balaban J connectivity index is 2.23. The van der Waals surface area contributed by atoms with Crippen molar-refractivity contribution in [2.24, 2.45) is 0 Å². The van der Waals surface area contributed by atoms with E-state index in [0.717, 1.165) is 12.3 Å². The molecule has 1 unspecified atom stereocenters. The first-order chi connectivity index (χ1) is 6.83. The minimum atomic E-state index is 0.705. The van der Waals surface area contributed by atoms with Crippen LogP contribution in [0.15, 0.2) is 23.1 Å². The van der Waals surface area contributed by atoms with E-state index in [1.165, 1.54) is 17.0 Å². The average molecular weight is 209 g/mol. The molecule has 0 amide bonds. The van der Waals surface area contributed by atoms with Crippen molar-refractivity contribution < 1.29 is 4.74 Å². The van der Waals surface area contributed by atoms with E-state index in [1.54, 1.807) is 7.11 Å². The van der Waals surface area contributed by atoms with E-state index in [2.05, 4.69) is 24.4 Å². The molecule has 0 aromatic heterocycles. The number of hydrogen-bond donors (Lipinski definition) is 1. The van der Waals surface area contributed by atoms with Gasteiger partial charge < -0.3 is 10.1 Å². The molecule has 76 valence electrons. The third-order valence-corrected chi connectivity index (χ3v) is 3.90. The Hall–Kier alpha value is -0.830. The summed E-state index contributed by atoms with van der Waals surface area (Å²) in [6, 6.07) is 6.22. The number of fused-ring (bicyclic) bond motifs is 1. The van der Waals surface area contributed by atoms with Gasteiger partial charge in [0.1, 0.15) is 5.75 Å². The normalized spacial score (nSPS) is 19.7. The van der Waals surface area contributed by atoms with Gasteiger partial charge in [-0.1, -0.05) is 6.92 Å². The van der Waals surface area contributed by atoms with Crippen LogP contribution in [0.1, 0.15) is 13.3 Å². The maximum atomic E-state index is 5.18. The highest BCUT2D eigenvalue weighted by Gasteiger charge is 2.17. The summed E-state index contributed by atoms with van der Waals surface area (Å²) in [6.07, 6.45) is 1.21. The lowest BCUT2D eigenvalue weighted by Crippen LogP contribution is -2.20. The number of anilines is 1. The first-order valence-corrected chi connectivity index (χ1v) is 5.80. The number of nitrogens with one attached hydrogen (secondary N) is 1. The summed E-state index contributed by atoms with van der Waals surface area (Å²) in [4.78, 5) is 1.34. The first-order valence-electron chi connectivity index (χ1n) is 4.92. The lowest BCUT2D eigenvalue weighted by molar-refractivity contribution is 0.414.